The number of aromatic nitrogens is 1. The van der Waals surface area contributed by atoms with Crippen LogP contribution in [-0.2, 0) is 0 Å². The van der Waals surface area contributed by atoms with E-state index in [1.807, 2.05) is 6.20 Å². The van der Waals surface area contributed by atoms with E-state index in [4.69, 9.17) is 0 Å². The number of hydrogen-bond donors (Lipinski definition) is 0. The average Bonchev–Trinajstić information content (AvgIpc) is 2.62. The molecule has 1 aliphatic rings. The van der Waals surface area contributed by atoms with Crippen molar-refractivity contribution in [1.82, 2.24) is 4.98 Å². The summed E-state index contributed by atoms with van der Waals surface area (Å²) in [6, 6.07) is 2.13. The highest BCUT2D eigenvalue weighted by atomic mass is 79.9. The fourth-order valence-corrected chi connectivity index (χ4v) is 2.89. The highest BCUT2D eigenvalue weighted by Gasteiger charge is 2.20. The molecule has 1 heterocycles. The molecular weight excluding hydrogens is 294 g/mol. The lowest BCUT2D eigenvalue weighted by Gasteiger charge is -2.11. The van der Waals surface area contributed by atoms with Gasteiger partial charge < -0.3 is 0 Å². The molecule has 0 saturated heterocycles. The minimum absolute atomic E-state index is 0.744. The van der Waals surface area contributed by atoms with Crippen LogP contribution in [0.1, 0.15) is 37.2 Å². The van der Waals surface area contributed by atoms with E-state index < -0.39 is 0 Å². The van der Waals surface area contributed by atoms with Crippen LogP contribution in [0.2, 0.25) is 0 Å². The third-order valence-corrected chi connectivity index (χ3v) is 4.64. The molecule has 0 unspecified atom stereocenters. The molecule has 0 bridgehead atoms. The minimum Gasteiger partial charge on any atom is -0.248 e. The predicted octanol–water partition coefficient (Wildman–Crippen LogP) is 4.26. The number of pyridine rings is 1. The molecular formula is C10H11Br2N. The highest BCUT2D eigenvalue weighted by molar-refractivity contribution is 9.13. The minimum atomic E-state index is 0.744. The zero-order valence-corrected chi connectivity index (χ0v) is 10.4. The van der Waals surface area contributed by atoms with Gasteiger partial charge in [0, 0.05) is 6.20 Å². The maximum absolute atomic E-state index is 4.18. The van der Waals surface area contributed by atoms with Crippen molar-refractivity contribution in [2.24, 2.45) is 0 Å². The van der Waals surface area contributed by atoms with Crippen LogP contribution in [0.15, 0.2) is 21.3 Å². The average molecular weight is 305 g/mol. The van der Waals surface area contributed by atoms with Gasteiger partial charge >= 0.3 is 0 Å². The SMILES string of the molecule is Brc1nccc(C2CCCC2)c1Br. The molecule has 1 aliphatic carbocycles. The van der Waals surface area contributed by atoms with Crippen molar-refractivity contribution in [3.63, 3.8) is 0 Å². The Balaban J connectivity index is 2.33. The first-order chi connectivity index (χ1) is 6.29. The van der Waals surface area contributed by atoms with Gasteiger partial charge in [-0.15, -0.1) is 0 Å². The first-order valence-electron chi connectivity index (χ1n) is 4.59. The summed E-state index contributed by atoms with van der Waals surface area (Å²) in [5.74, 6) is 0.744. The third kappa shape index (κ3) is 1.96. The van der Waals surface area contributed by atoms with E-state index in [1.54, 1.807) is 0 Å². The van der Waals surface area contributed by atoms with E-state index in [9.17, 15) is 0 Å². The quantitative estimate of drug-likeness (QED) is 0.706. The zero-order chi connectivity index (χ0) is 9.26. The van der Waals surface area contributed by atoms with Gasteiger partial charge in [0.25, 0.3) is 0 Å². The van der Waals surface area contributed by atoms with Crippen molar-refractivity contribution >= 4 is 31.9 Å². The number of rotatable bonds is 1. The lowest BCUT2D eigenvalue weighted by atomic mass is 9.99. The van der Waals surface area contributed by atoms with Crippen molar-refractivity contribution in [3.05, 3.63) is 26.9 Å². The van der Waals surface area contributed by atoms with Crippen LogP contribution in [0, 0.1) is 0 Å². The summed E-state index contributed by atoms with van der Waals surface area (Å²) in [6.45, 7) is 0. The third-order valence-electron chi connectivity index (χ3n) is 2.67. The normalized spacial score (nSPS) is 18.0. The Labute approximate surface area is 95.2 Å². The molecule has 0 aliphatic heterocycles. The van der Waals surface area contributed by atoms with Crippen LogP contribution in [-0.4, -0.2) is 4.98 Å². The number of halogens is 2. The van der Waals surface area contributed by atoms with E-state index in [0.717, 1.165) is 15.0 Å². The van der Waals surface area contributed by atoms with E-state index in [2.05, 4.69) is 42.9 Å². The summed E-state index contributed by atoms with van der Waals surface area (Å²) in [5, 5.41) is 0. The van der Waals surface area contributed by atoms with Crippen molar-refractivity contribution in [2.75, 3.05) is 0 Å². The molecule has 0 radical (unpaired) electrons. The molecule has 1 saturated carbocycles. The molecule has 3 heteroatoms. The first kappa shape index (κ1) is 9.66. The summed E-state index contributed by atoms with van der Waals surface area (Å²) in [4.78, 5) is 4.18. The summed E-state index contributed by atoms with van der Waals surface area (Å²) in [7, 11) is 0. The van der Waals surface area contributed by atoms with Crippen LogP contribution < -0.4 is 0 Å². The van der Waals surface area contributed by atoms with Gasteiger partial charge in [0.2, 0.25) is 0 Å². The lowest BCUT2D eigenvalue weighted by Crippen LogP contribution is -1.95. The van der Waals surface area contributed by atoms with Gasteiger partial charge in [0.05, 0.1) is 4.47 Å². The maximum atomic E-state index is 4.18. The van der Waals surface area contributed by atoms with Crippen molar-refractivity contribution in [2.45, 2.75) is 31.6 Å². The topological polar surface area (TPSA) is 12.9 Å². The molecule has 0 amide bonds. The van der Waals surface area contributed by atoms with Crippen molar-refractivity contribution < 1.29 is 0 Å². The summed E-state index contributed by atoms with van der Waals surface area (Å²) < 4.78 is 2.07. The summed E-state index contributed by atoms with van der Waals surface area (Å²) in [6.07, 6.45) is 7.28. The molecule has 0 spiro atoms. The Bertz CT molecular complexity index is 306. The second kappa shape index (κ2) is 4.09. The molecule has 0 N–H and O–H groups in total. The fourth-order valence-electron chi connectivity index (χ4n) is 1.98. The number of nitrogens with zero attached hydrogens (tertiary/aromatic N) is 1. The number of hydrogen-bond acceptors (Lipinski definition) is 1. The standard InChI is InChI=1S/C10H11Br2N/c11-9-8(5-6-13-10(9)12)7-3-1-2-4-7/h5-7H,1-4H2. The highest BCUT2D eigenvalue weighted by Crippen LogP contribution is 2.39. The molecule has 70 valence electrons. The Morgan fingerprint density at radius 3 is 2.62 bits per heavy atom. The van der Waals surface area contributed by atoms with Crippen LogP contribution in [0.3, 0.4) is 0 Å². The van der Waals surface area contributed by atoms with Gasteiger partial charge in [-0.25, -0.2) is 4.98 Å². The monoisotopic (exact) mass is 303 g/mol. The maximum Gasteiger partial charge on any atom is 0.120 e. The van der Waals surface area contributed by atoms with Gasteiger partial charge in [-0.3, -0.25) is 0 Å². The van der Waals surface area contributed by atoms with E-state index in [0.29, 0.717) is 0 Å². The van der Waals surface area contributed by atoms with E-state index >= 15 is 0 Å². The van der Waals surface area contributed by atoms with Crippen LogP contribution in [0.25, 0.3) is 0 Å². The largest absolute Gasteiger partial charge is 0.248 e. The van der Waals surface area contributed by atoms with E-state index in [1.165, 1.54) is 31.2 Å². The summed E-state index contributed by atoms with van der Waals surface area (Å²) >= 11 is 7.02. The Kier molecular flexibility index (Phi) is 3.04. The molecule has 0 atom stereocenters. The molecule has 1 fully saturated rings. The van der Waals surface area contributed by atoms with Gasteiger partial charge in [-0.05, 0) is 62.2 Å². The molecule has 0 aromatic carbocycles. The molecule has 1 aromatic rings. The van der Waals surface area contributed by atoms with Gasteiger partial charge in [0.1, 0.15) is 4.60 Å². The van der Waals surface area contributed by atoms with Crippen molar-refractivity contribution in [1.29, 1.82) is 0 Å². The Hall–Kier alpha value is 0.110. The second-order valence-corrected chi connectivity index (χ2v) is 5.03. The van der Waals surface area contributed by atoms with E-state index in [-0.39, 0.29) is 0 Å². The molecule has 13 heavy (non-hydrogen) atoms. The molecule has 2 rings (SSSR count). The van der Waals surface area contributed by atoms with Gasteiger partial charge in [-0.1, -0.05) is 12.8 Å². The molecule has 1 nitrogen and oxygen atoms in total. The van der Waals surface area contributed by atoms with Gasteiger partial charge in [0.15, 0.2) is 0 Å². The van der Waals surface area contributed by atoms with Gasteiger partial charge in [-0.2, -0.15) is 0 Å². The predicted molar refractivity (Wildman–Crippen MR) is 60.8 cm³/mol. The fraction of sp³-hybridized carbons (Fsp3) is 0.500. The first-order valence-corrected chi connectivity index (χ1v) is 6.17. The van der Waals surface area contributed by atoms with Crippen molar-refractivity contribution in [3.8, 4) is 0 Å². The van der Waals surface area contributed by atoms with Crippen LogP contribution in [0.4, 0.5) is 0 Å². The van der Waals surface area contributed by atoms with Crippen LogP contribution in [0.5, 0.6) is 0 Å². The zero-order valence-electron chi connectivity index (χ0n) is 7.26. The molecule has 1 aromatic heterocycles. The second-order valence-electron chi connectivity index (χ2n) is 3.49. The van der Waals surface area contributed by atoms with Crippen LogP contribution >= 0.6 is 31.9 Å². The smallest absolute Gasteiger partial charge is 0.120 e. The lowest BCUT2D eigenvalue weighted by molar-refractivity contribution is 0.717. The Morgan fingerprint density at radius 2 is 1.92 bits per heavy atom. The Morgan fingerprint density at radius 1 is 1.23 bits per heavy atom. The summed E-state index contributed by atoms with van der Waals surface area (Å²) in [5.41, 5.74) is 1.42.